The zero-order valence-corrected chi connectivity index (χ0v) is 13.7. The molecule has 3 nitrogen and oxygen atoms in total. The molecule has 1 amide bonds. The summed E-state index contributed by atoms with van der Waals surface area (Å²) in [5, 5.41) is 12.1. The molecule has 0 heterocycles. The zero-order chi connectivity index (χ0) is 15.9. The van der Waals surface area contributed by atoms with Crippen molar-refractivity contribution in [3.05, 3.63) is 64.7 Å². The van der Waals surface area contributed by atoms with Crippen molar-refractivity contribution in [3.8, 4) is 0 Å². The van der Waals surface area contributed by atoms with Gasteiger partial charge in [-0.15, -0.1) is 0 Å². The second-order valence-electron chi connectivity index (χ2n) is 5.10. The van der Waals surface area contributed by atoms with Crippen molar-refractivity contribution in [3.63, 3.8) is 0 Å². The number of aliphatic hydroxyl groups excluding tert-OH is 1. The van der Waals surface area contributed by atoms with Crippen molar-refractivity contribution in [2.75, 3.05) is 11.1 Å². The van der Waals surface area contributed by atoms with Gasteiger partial charge in [0.2, 0.25) is 0 Å². The number of anilines is 1. The topological polar surface area (TPSA) is 49.3 Å². The highest BCUT2D eigenvalue weighted by molar-refractivity contribution is 7.98. The highest BCUT2D eigenvalue weighted by Crippen LogP contribution is 2.19. The van der Waals surface area contributed by atoms with E-state index in [0.717, 1.165) is 28.3 Å². The van der Waals surface area contributed by atoms with Crippen LogP contribution in [0, 0.1) is 6.92 Å². The number of nitrogens with one attached hydrogen (secondary N) is 1. The first-order chi connectivity index (χ1) is 10.6. The first kappa shape index (κ1) is 16.6. The summed E-state index contributed by atoms with van der Waals surface area (Å²) in [5.41, 5.74) is 4.36. The van der Waals surface area contributed by atoms with E-state index >= 15 is 0 Å². The normalized spacial score (nSPS) is 10.5. The van der Waals surface area contributed by atoms with Gasteiger partial charge in [-0.05, 0) is 47.6 Å². The third-order valence-electron chi connectivity index (χ3n) is 3.42. The summed E-state index contributed by atoms with van der Waals surface area (Å²) in [5.74, 6) is 1.92. The van der Waals surface area contributed by atoms with E-state index in [4.69, 9.17) is 0 Å². The molecule has 2 N–H and O–H groups in total. The Labute approximate surface area is 135 Å². The van der Waals surface area contributed by atoms with Crippen LogP contribution in [0.3, 0.4) is 0 Å². The Bertz CT molecular complexity index is 638. The van der Waals surface area contributed by atoms with Crippen LogP contribution in [0.15, 0.2) is 42.5 Å². The number of benzene rings is 2. The third kappa shape index (κ3) is 4.36. The minimum atomic E-state index is -0.132. The summed E-state index contributed by atoms with van der Waals surface area (Å²) < 4.78 is 0. The minimum Gasteiger partial charge on any atom is -0.392 e. The average molecular weight is 315 g/mol. The second-order valence-corrected chi connectivity index (χ2v) is 6.37. The fourth-order valence-corrected chi connectivity index (χ4v) is 2.70. The highest BCUT2D eigenvalue weighted by Gasteiger charge is 2.08. The smallest absolute Gasteiger partial charge is 0.255 e. The monoisotopic (exact) mass is 315 g/mol. The maximum atomic E-state index is 12.3. The van der Waals surface area contributed by atoms with E-state index in [1.807, 2.05) is 55.1 Å². The van der Waals surface area contributed by atoms with Crippen LogP contribution < -0.4 is 5.32 Å². The Kier molecular flexibility index (Phi) is 6.04. The molecule has 116 valence electrons. The van der Waals surface area contributed by atoms with E-state index in [-0.39, 0.29) is 12.5 Å². The Morgan fingerprint density at radius 2 is 1.82 bits per heavy atom. The molecule has 2 aromatic carbocycles. The summed E-state index contributed by atoms with van der Waals surface area (Å²) in [7, 11) is 0. The number of rotatable bonds is 6. The lowest BCUT2D eigenvalue weighted by Gasteiger charge is -2.10. The Hall–Kier alpha value is -1.78. The van der Waals surface area contributed by atoms with Crippen LogP contribution in [-0.4, -0.2) is 16.8 Å². The van der Waals surface area contributed by atoms with Crippen molar-refractivity contribution in [1.82, 2.24) is 0 Å². The maximum Gasteiger partial charge on any atom is 0.255 e. The predicted molar refractivity (Wildman–Crippen MR) is 93.3 cm³/mol. The van der Waals surface area contributed by atoms with Crippen LogP contribution >= 0.6 is 11.8 Å². The average Bonchev–Trinajstić information content (AvgIpc) is 2.55. The van der Waals surface area contributed by atoms with Gasteiger partial charge in [-0.2, -0.15) is 11.8 Å². The largest absolute Gasteiger partial charge is 0.392 e. The summed E-state index contributed by atoms with van der Waals surface area (Å²) in [4.78, 5) is 12.3. The Balaban J connectivity index is 2.08. The van der Waals surface area contributed by atoms with Crippen molar-refractivity contribution in [2.45, 2.75) is 26.2 Å². The van der Waals surface area contributed by atoms with Crippen LogP contribution in [0.25, 0.3) is 0 Å². The summed E-state index contributed by atoms with van der Waals surface area (Å²) in [6.45, 7) is 4.03. The number of amides is 1. The molecule has 0 radical (unpaired) electrons. The van der Waals surface area contributed by atoms with E-state index in [9.17, 15) is 9.90 Å². The molecule has 0 aliphatic heterocycles. The predicted octanol–water partition coefficient (Wildman–Crippen LogP) is 3.99. The van der Waals surface area contributed by atoms with Gasteiger partial charge in [0.15, 0.2) is 0 Å². The molecule has 0 bridgehead atoms. The van der Waals surface area contributed by atoms with Gasteiger partial charge >= 0.3 is 0 Å². The van der Waals surface area contributed by atoms with E-state index in [1.54, 1.807) is 6.07 Å². The van der Waals surface area contributed by atoms with Crippen molar-refractivity contribution >= 4 is 23.4 Å². The molecule has 0 spiro atoms. The molecule has 0 fully saturated rings. The van der Waals surface area contributed by atoms with Crippen molar-refractivity contribution in [2.24, 2.45) is 0 Å². The van der Waals surface area contributed by atoms with Crippen LogP contribution in [0.5, 0.6) is 0 Å². The fraction of sp³-hybridized carbons (Fsp3) is 0.278. The van der Waals surface area contributed by atoms with Gasteiger partial charge in [-0.3, -0.25) is 4.79 Å². The van der Waals surface area contributed by atoms with E-state index in [1.165, 1.54) is 5.56 Å². The number of aliphatic hydroxyl groups is 1. The summed E-state index contributed by atoms with van der Waals surface area (Å²) in [6, 6.07) is 13.2. The highest BCUT2D eigenvalue weighted by atomic mass is 32.2. The standard InChI is InChI=1S/C18H21NO2S/c1-3-22-12-14-6-8-16(9-7-14)18(21)19-17-10-15(11-20)5-4-13(17)2/h4-10,20H,3,11-12H2,1-2H3,(H,19,21). The Morgan fingerprint density at radius 1 is 1.14 bits per heavy atom. The van der Waals surface area contributed by atoms with Crippen molar-refractivity contribution in [1.29, 1.82) is 0 Å². The first-order valence-electron chi connectivity index (χ1n) is 7.32. The number of aryl methyl sites for hydroxylation is 1. The van der Waals surface area contributed by atoms with Crippen LogP contribution in [0.2, 0.25) is 0 Å². The van der Waals surface area contributed by atoms with E-state index < -0.39 is 0 Å². The maximum absolute atomic E-state index is 12.3. The number of carbonyl (C=O) groups excluding carboxylic acids is 1. The molecule has 0 unspecified atom stereocenters. The molecule has 0 saturated heterocycles. The lowest BCUT2D eigenvalue weighted by Crippen LogP contribution is -2.13. The molecule has 0 aliphatic rings. The molecular formula is C18H21NO2S. The molecule has 0 aromatic heterocycles. The lowest BCUT2D eigenvalue weighted by molar-refractivity contribution is 0.102. The lowest BCUT2D eigenvalue weighted by atomic mass is 10.1. The van der Waals surface area contributed by atoms with E-state index in [2.05, 4.69) is 12.2 Å². The van der Waals surface area contributed by atoms with Gasteiger partial charge < -0.3 is 10.4 Å². The fourth-order valence-electron chi connectivity index (χ4n) is 2.07. The molecule has 0 aliphatic carbocycles. The van der Waals surface area contributed by atoms with Crippen LogP contribution in [0.4, 0.5) is 5.69 Å². The number of thioether (sulfide) groups is 1. The first-order valence-corrected chi connectivity index (χ1v) is 8.48. The van der Waals surface area contributed by atoms with Gasteiger partial charge in [0.05, 0.1) is 6.61 Å². The SMILES string of the molecule is CCSCc1ccc(C(=O)Nc2cc(CO)ccc2C)cc1. The molecule has 0 saturated carbocycles. The van der Waals surface area contributed by atoms with E-state index in [0.29, 0.717) is 5.56 Å². The molecule has 4 heteroatoms. The zero-order valence-electron chi connectivity index (χ0n) is 12.9. The number of hydrogen-bond acceptors (Lipinski definition) is 3. The van der Waals surface area contributed by atoms with Crippen LogP contribution in [-0.2, 0) is 12.4 Å². The molecular weight excluding hydrogens is 294 g/mol. The summed E-state index contributed by atoms with van der Waals surface area (Å²) >= 11 is 1.86. The van der Waals surface area contributed by atoms with Gasteiger partial charge in [0.25, 0.3) is 5.91 Å². The van der Waals surface area contributed by atoms with Crippen molar-refractivity contribution < 1.29 is 9.90 Å². The van der Waals surface area contributed by atoms with Gasteiger partial charge in [-0.1, -0.05) is 31.2 Å². The minimum absolute atomic E-state index is 0.0348. The van der Waals surface area contributed by atoms with Gasteiger partial charge in [-0.25, -0.2) is 0 Å². The van der Waals surface area contributed by atoms with Gasteiger partial charge in [0, 0.05) is 17.0 Å². The Morgan fingerprint density at radius 3 is 2.45 bits per heavy atom. The molecule has 22 heavy (non-hydrogen) atoms. The summed E-state index contributed by atoms with van der Waals surface area (Å²) in [6.07, 6.45) is 0. The number of carbonyl (C=O) groups is 1. The molecule has 2 rings (SSSR count). The third-order valence-corrected chi connectivity index (χ3v) is 4.37. The van der Waals surface area contributed by atoms with Crippen LogP contribution in [0.1, 0.15) is 34.0 Å². The molecule has 0 atom stereocenters. The molecule has 2 aromatic rings. The quantitative estimate of drug-likeness (QED) is 0.847. The van der Waals surface area contributed by atoms with Gasteiger partial charge in [0.1, 0.15) is 0 Å². The second kappa shape index (κ2) is 8.01. The number of hydrogen-bond donors (Lipinski definition) is 2.